The molecule has 9 heteroatoms. The van der Waals surface area contributed by atoms with Crippen molar-refractivity contribution in [3.63, 3.8) is 0 Å². The van der Waals surface area contributed by atoms with Gasteiger partial charge in [0.15, 0.2) is 17.3 Å². The summed E-state index contributed by atoms with van der Waals surface area (Å²) >= 11 is 4.92. The molecule has 2 aromatic rings. The van der Waals surface area contributed by atoms with Crippen molar-refractivity contribution in [2.45, 2.75) is 6.92 Å². The Labute approximate surface area is 131 Å². The monoisotopic (exact) mass is 322 g/mol. The van der Waals surface area contributed by atoms with E-state index in [-0.39, 0.29) is 10.3 Å². The highest BCUT2D eigenvalue weighted by Crippen LogP contribution is 2.34. The van der Waals surface area contributed by atoms with Gasteiger partial charge in [-0.25, -0.2) is 4.79 Å². The Hall–Kier alpha value is -2.68. The number of carboxylic acid groups (broad SMARTS) is 1. The number of aryl methyl sites for hydroxylation is 1. The third-order valence-corrected chi connectivity index (χ3v) is 3.07. The normalized spacial score (nSPS) is 10.1. The number of aromatic carboxylic acids is 1. The van der Waals surface area contributed by atoms with Crippen LogP contribution in [-0.2, 0) is 0 Å². The number of nitrogens with zero attached hydrogens (tertiary/aromatic N) is 2. The molecular weight excluding hydrogens is 308 g/mol. The fourth-order valence-corrected chi connectivity index (χ4v) is 1.93. The van der Waals surface area contributed by atoms with E-state index in [4.69, 9.17) is 21.7 Å². The first-order valence-electron chi connectivity index (χ1n) is 6.16. The lowest BCUT2D eigenvalue weighted by Gasteiger charge is -2.14. The highest BCUT2D eigenvalue weighted by atomic mass is 32.1. The summed E-state index contributed by atoms with van der Waals surface area (Å²) in [6.07, 6.45) is 0. The summed E-state index contributed by atoms with van der Waals surface area (Å²) in [4.78, 5) is 15.5. The lowest BCUT2D eigenvalue weighted by Crippen LogP contribution is -2.07. The number of aromatic amines is 1. The van der Waals surface area contributed by atoms with Crippen molar-refractivity contribution in [1.82, 2.24) is 15.2 Å². The molecule has 0 aliphatic carbocycles. The third kappa shape index (κ3) is 3.14. The summed E-state index contributed by atoms with van der Waals surface area (Å²) in [6.45, 7) is 1.71. The summed E-state index contributed by atoms with van der Waals surface area (Å²) in [7, 11) is 2.90. The van der Waals surface area contributed by atoms with Crippen molar-refractivity contribution in [2.24, 2.45) is 0 Å². The summed E-state index contributed by atoms with van der Waals surface area (Å²) in [5.74, 6) is -0.0473. The van der Waals surface area contributed by atoms with Crippen molar-refractivity contribution in [2.75, 3.05) is 19.5 Å². The molecule has 8 nitrogen and oxygen atoms in total. The van der Waals surface area contributed by atoms with Crippen LogP contribution in [0.1, 0.15) is 16.1 Å². The van der Waals surface area contributed by atoms with Crippen molar-refractivity contribution in [3.8, 4) is 11.5 Å². The van der Waals surface area contributed by atoms with Gasteiger partial charge in [-0.1, -0.05) is 0 Å². The number of rotatable bonds is 5. The summed E-state index contributed by atoms with van der Waals surface area (Å²) in [5, 5.41) is 18.8. The van der Waals surface area contributed by atoms with E-state index in [2.05, 4.69) is 20.5 Å². The minimum atomic E-state index is -1.12. The zero-order chi connectivity index (χ0) is 16.3. The lowest BCUT2D eigenvalue weighted by atomic mass is 10.1. The van der Waals surface area contributed by atoms with E-state index >= 15 is 0 Å². The van der Waals surface area contributed by atoms with Crippen LogP contribution < -0.4 is 14.8 Å². The van der Waals surface area contributed by atoms with Gasteiger partial charge >= 0.3 is 5.97 Å². The molecular formula is C13H14N4O4S. The molecule has 0 atom stereocenters. The van der Waals surface area contributed by atoms with Crippen molar-refractivity contribution >= 4 is 29.7 Å². The number of ether oxygens (including phenoxy) is 2. The van der Waals surface area contributed by atoms with Crippen LogP contribution in [-0.4, -0.2) is 40.5 Å². The van der Waals surface area contributed by atoms with E-state index in [1.54, 1.807) is 6.92 Å². The predicted molar refractivity (Wildman–Crippen MR) is 81.7 cm³/mol. The second-order valence-corrected chi connectivity index (χ2v) is 4.64. The van der Waals surface area contributed by atoms with Crippen LogP contribution >= 0.6 is 12.2 Å². The zero-order valence-corrected chi connectivity index (χ0v) is 12.9. The molecule has 1 aromatic carbocycles. The Bertz CT molecular complexity index is 775. The fraction of sp³-hybridized carbons (Fsp3) is 0.231. The number of carbonyl (C=O) groups is 1. The average molecular weight is 322 g/mol. The molecule has 1 heterocycles. The molecule has 0 spiro atoms. The molecule has 0 unspecified atom stereocenters. The molecule has 0 aliphatic rings. The molecule has 0 saturated carbocycles. The standard InChI is InChI=1S/C13H14N4O4S/c1-6-11(15-13(22)17-16-6)14-8-5-10(21-3)9(20-2)4-7(8)12(18)19/h4-5H,1-3H3,(H,18,19)(H2,14,15,17,22). The van der Waals surface area contributed by atoms with Crippen LogP contribution in [0.2, 0.25) is 0 Å². The number of hydrogen-bond acceptors (Lipinski definition) is 7. The van der Waals surface area contributed by atoms with Gasteiger partial charge in [-0.2, -0.15) is 10.1 Å². The molecule has 0 bridgehead atoms. The van der Waals surface area contributed by atoms with Crippen molar-refractivity contribution < 1.29 is 19.4 Å². The maximum absolute atomic E-state index is 11.4. The Kier molecular flexibility index (Phi) is 4.56. The number of methoxy groups -OCH3 is 2. The maximum atomic E-state index is 11.4. The zero-order valence-electron chi connectivity index (χ0n) is 12.1. The second kappa shape index (κ2) is 6.39. The van der Waals surface area contributed by atoms with E-state index in [0.717, 1.165) is 0 Å². The van der Waals surface area contributed by atoms with E-state index in [1.165, 1.54) is 26.4 Å². The van der Waals surface area contributed by atoms with Gasteiger partial charge in [-0.15, -0.1) is 0 Å². The highest BCUT2D eigenvalue weighted by Gasteiger charge is 2.17. The number of anilines is 2. The van der Waals surface area contributed by atoms with E-state index in [0.29, 0.717) is 28.7 Å². The van der Waals surface area contributed by atoms with Crippen LogP contribution in [0.15, 0.2) is 12.1 Å². The number of benzene rings is 1. The lowest BCUT2D eigenvalue weighted by molar-refractivity contribution is 0.0697. The molecule has 22 heavy (non-hydrogen) atoms. The first kappa shape index (κ1) is 15.7. The van der Waals surface area contributed by atoms with Crippen molar-refractivity contribution in [3.05, 3.63) is 28.2 Å². The van der Waals surface area contributed by atoms with Crippen LogP contribution in [0, 0.1) is 11.7 Å². The van der Waals surface area contributed by atoms with Gasteiger partial charge in [-0.3, -0.25) is 5.10 Å². The van der Waals surface area contributed by atoms with Gasteiger partial charge in [0.1, 0.15) is 5.69 Å². The van der Waals surface area contributed by atoms with Gasteiger partial charge in [0.25, 0.3) is 0 Å². The fourth-order valence-electron chi connectivity index (χ4n) is 1.80. The Morgan fingerprint density at radius 1 is 1.32 bits per heavy atom. The molecule has 2 rings (SSSR count). The van der Waals surface area contributed by atoms with Gasteiger partial charge in [0, 0.05) is 12.1 Å². The van der Waals surface area contributed by atoms with Crippen molar-refractivity contribution in [1.29, 1.82) is 0 Å². The van der Waals surface area contributed by atoms with Gasteiger partial charge in [-0.05, 0) is 19.1 Å². The molecule has 116 valence electrons. The first-order chi connectivity index (χ1) is 10.5. The van der Waals surface area contributed by atoms with Crippen LogP contribution in [0.3, 0.4) is 0 Å². The Balaban J connectivity index is 2.55. The van der Waals surface area contributed by atoms with E-state index in [9.17, 15) is 9.90 Å². The topological polar surface area (TPSA) is 109 Å². The number of carboxylic acids is 1. The van der Waals surface area contributed by atoms with E-state index < -0.39 is 5.97 Å². The number of nitrogens with one attached hydrogen (secondary N) is 2. The minimum Gasteiger partial charge on any atom is -0.493 e. The molecule has 0 aliphatic heterocycles. The van der Waals surface area contributed by atoms with Crippen LogP contribution in [0.25, 0.3) is 0 Å². The predicted octanol–water partition coefficient (Wildman–Crippen LogP) is 2.30. The Morgan fingerprint density at radius 3 is 2.55 bits per heavy atom. The Morgan fingerprint density at radius 2 is 1.95 bits per heavy atom. The number of hydrogen-bond donors (Lipinski definition) is 3. The van der Waals surface area contributed by atoms with Crippen LogP contribution in [0.5, 0.6) is 11.5 Å². The molecule has 0 amide bonds. The molecule has 3 N–H and O–H groups in total. The quantitative estimate of drug-likeness (QED) is 0.719. The number of aromatic nitrogens is 3. The summed E-state index contributed by atoms with van der Waals surface area (Å²) in [6, 6.07) is 2.89. The highest BCUT2D eigenvalue weighted by molar-refractivity contribution is 7.71. The summed E-state index contributed by atoms with van der Waals surface area (Å²) < 4.78 is 10.5. The minimum absolute atomic E-state index is 0.0117. The smallest absolute Gasteiger partial charge is 0.337 e. The largest absolute Gasteiger partial charge is 0.493 e. The molecule has 0 fully saturated rings. The average Bonchev–Trinajstić information content (AvgIpc) is 2.50. The molecule has 0 radical (unpaired) electrons. The SMILES string of the molecule is COc1cc(Nc2nc(=S)[nH]nc2C)c(C(=O)O)cc1OC. The third-order valence-electron chi connectivity index (χ3n) is 2.88. The van der Waals surface area contributed by atoms with Gasteiger partial charge in [0.05, 0.1) is 25.5 Å². The first-order valence-corrected chi connectivity index (χ1v) is 6.56. The molecule has 1 aromatic heterocycles. The van der Waals surface area contributed by atoms with Gasteiger partial charge in [0.2, 0.25) is 4.77 Å². The van der Waals surface area contributed by atoms with Crippen LogP contribution in [0.4, 0.5) is 11.5 Å². The number of H-pyrrole nitrogens is 1. The van der Waals surface area contributed by atoms with Gasteiger partial charge < -0.3 is 19.9 Å². The maximum Gasteiger partial charge on any atom is 0.337 e. The summed E-state index contributed by atoms with van der Waals surface area (Å²) in [5.41, 5.74) is 0.848. The van der Waals surface area contributed by atoms with E-state index in [1.807, 2.05) is 0 Å². The molecule has 0 saturated heterocycles. The second-order valence-electron chi connectivity index (χ2n) is 4.26.